The first-order chi connectivity index (χ1) is 9.18. The molecule has 0 spiro atoms. The number of aryl methyl sites for hydroxylation is 1. The van der Waals surface area contributed by atoms with Gasteiger partial charge in [-0.2, -0.15) is 0 Å². The third-order valence-electron chi connectivity index (χ3n) is 3.25. The van der Waals surface area contributed by atoms with Gasteiger partial charge in [0.15, 0.2) is 5.78 Å². The Morgan fingerprint density at radius 2 is 2.00 bits per heavy atom. The van der Waals surface area contributed by atoms with Crippen LogP contribution in [-0.4, -0.2) is 15.6 Å². The summed E-state index contributed by atoms with van der Waals surface area (Å²) in [4.78, 5) is 23.4. The summed E-state index contributed by atoms with van der Waals surface area (Å²) < 4.78 is 1.56. The average Bonchev–Trinajstić information content (AvgIpc) is 2.84. The maximum atomic E-state index is 12.1. The van der Waals surface area contributed by atoms with Crippen LogP contribution in [0.4, 0.5) is 0 Å². The van der Waals surface area contributed by atoms with Crippen LogP contribution in [0.1, 0.15) is 30.1 Å². The van der Waals surface area contributed by atoms with Crippen LogP contribution in [-0.2, 0) is 6.54 Å². The summed E-state index contributed by atoms with van der Waals surface area (Å²) in [5.74, 6) is 0.146. The largest absolute Gasteiger partial charge is 0.303 e. The number of carbonyl (C=O) groups is 1. The van der Waals surface area contributed by atoms with Gasteiger partial charge in [0.2, 0.25) is 0 Å². The van der Waals surface area contributed by atoms with Gasteiger partial charge in [-0.3, -0.25) is 14.3 Å². The summed E-state index contributed by atoms with van der Waals surface area (Å²) in [5, 5.41) is 2.86. The molecule has 4 nitrogen and oxygen atoms in total. The Balaban J connectivity index is 1.85. The number of Topliss-reactive ketones (excluding diaryl/α,β-unsaturated/α-hetero) is 1. The highest BCUT2D eigenvalue weighted by atomic mass is 16.1. The van der Waals surface area contributed by atoms with Gasteiger partial charge < -0.3 is 5.10 Å². The van der Waals surface area contributed by atoms with Crippen LogP contribution in [0.25, 0.3) is 0 Å². The van der Waals surface area contributed by atoms with Crippen molar-refractivity contribution in [1.82, 2.24) is 9.78 Å². The summed E-state index contributed by atoms with van der Waals surface area (Å²) in [6.07, 6.45) is 3.21. The molecule has 0 aliphatic rings. The molecule has 19 heavy (non-hydrogen) atoms. The predicted molar refractivity (Wildman–Crippen MR) is 74.2 cm³/mol. The van der Waals surface area contributed by atoms with Gasteiger partial charge in [-0.1, -0.05) is 37.3 Å². The summed E-state index contributed by atoms with van der Waals surface area (Å²) in [7, 11) is 0. The van der Waals surface area contributed by atoms with Crippen LogP contribution in [0.2, 0.25) is 0 Å². The summed E-state index contributed by atoms with van der Waals surface area (Å²) in [6.45, 7) is 2.56. The lowest BCUT2D eigenvalue weighted by molar-refractivity contribution is 0.0921. The Kier molecular flexibility index (Phi) is 4.34. The first-order valence-electron chi connectivity index (χ1n) is 6.52. The molecule has 0 saturated carbocycles. The zero-order chi connectivity index (χ0) is 13.7. The van der Waals surface area contributed by atoms with E-state index in [-0.39, 0.29) is 17.3 Å². The van der Waals surface area contributed by atoms with E-state index in [0.29, 0.717) is 6.54 Å². The van der Waals surface area contributed by atoms with Crippen molar-refractivity contribution in [2.24, 2.45) is 5.92 Å². The second kappa shape index (κ2) is 6.18. The van der Waals surface area contributed by atoms with Crippen molar-refractivity contribution in [3.63, 3.8) is 0 Å². The van der Waals surface area contributed by atoms with E-state index in [1.54, 1.807) is 10.9 Å². The predicted octanol–water partition coefficient (Wildman–Crippen LogP) is 2.48. The monoisotopic (exact) mass is 258 g/mol. The second-order valence-corrected chi connectivity index (χ2v) is 4.73. The number of ketones is 1. The molecule has 2 aromatic rings. The number of nitrogens with zero attached hydrogens (tertiary/aromatic N) is 1. The van der Waals surface area contributed by atoms with E-state index in [9.17, 15) is 9.59 Å². The summed E-state index contributed by atoms with van der Waals surface area (Å²) in [5.41, 5.74) is 0.731. The molecular weight excluding hydrogens is 240 g/mol. The topological polar surface area (TPSA) is 54.9 Å². The second-order valence-electron chi connectivity index (χ2n) is 4.73. The van der Waals surface area contributed by atoms with E-state index in [2.05, 4.69) is 5.10 Å². The Bertz CT molecular complexity index is 583. The lowest BCUT2D eigenvalue weighted by Crippen LogP contribution is -2.17. The van der Waals surface area contributed by atoms with E-state index in [4.69, 9.17) is 0 Å². The Morgan fingerprint density at radius 1 is 1.26 bits per heavy atom. The van der Waals surface area contributed by atoms with Gasteiger partial charge in [0.1, 0.15) is 0 Å². The number of H-pyrrole nitrogens is 1. The molecule has 1 unspecified atom stereocenters. The van der Waals surface area contributed by atoms with Crippen molar-refractivity contribution in [3.05, 3.63) is 58.5 Å². The highest BCUT2D eigenvalue weighted by Gasteiger charge is 2.14. The molecule has 1 atom stereocenters. The fourth-order valence-corrected chi connectivity index (χ4v) is 2.10. The van der Waals surface area contributed by atoms with Gasteiger partial charge >= 0.3 is 0 Å². The molecule has 2 rings (SSSR count). The van der Waals surface area contributed by atoms with Gasteiger partial charge in [-0.05, 0) is 12.8 Å². The molecule has 0 aliphatic heterocycles. The highest BCUT2D eigenvalue weighted by molar-refractivity contribution is 5.97. The Morgan fingerprint density at radius 3 is 2.63 bits per heavy atom. The van der Waals surface area contributed by atoms with Crippen LogP contribution in [0.3, 0.4) is 0 Å². The molecule has 0 aliphatic carbocycles. The summed E-state index contributed by atoms with van der Waals surface area (Å²) in [6, 6.07) is 10.8. The van der Waals surface area contributed by atoms with Gasteiger partial charge in [0.25, 0.3) is 5.56 Å². The lowest BCUT2D eigenvalue weighted by Gasteiger charge is -2.10. The number of benzene rings is 1. The Labute approximate surface area is 112 Å². The van der Waals surface area contributed by atoms with Crippen molar-refractivity contribution in [1.29, 1.82) is 0 Å². The number of aromatic amines is 1. The lowest BCUT2D eigenvalue weighted by atomic mass is 9.95. The molecule has 1 aromatic heterocycles. The normalized spacial score (nSPS) is 12.3. The average molecular weight is 258 g/mol. The number of carbonyl (C=O) groups excluding carboxylic acids is 1. The molecule has 1 N–H and O–H groups in total. The number of rotatable bonds is 6. The van der Waals surface area contributed by atoms with Gasteiger partial charge in [0, 0.05) is 30.3 Å². The van der Waals surface area contributed by atoms with Gasteiger partial charge in [0.05, 0.1) is 0 Å². The molecule has 0 bridgehead atoms. The Hall–Kier alpha value is -2.10. The minimum absolute atomic E-state index is 0.0203. The maximum Gasteiger partial charge on any atom is 0.266 e. The minimum atomic E-state index is -0.0259. The van der Waals surface area contributed by atoms with Crippen LogP contribution in [0, 0.1) is 5.92 Å². The molecule has 0 fully saturated rings. The molecule has 0 saturated heterocycles. The van der Waals surface area contributed by atoms with E-state index >= 15 is 0 Å². The van der Waals surface area contributed by atoms with Crippen molar-refractivity contribution in [2.45, 2.75) is 26.3 Å². The first-order valence-corrected chi connectivity index (χ1v) is 6.52. The van der Waals surface area contributed by atoms with Crippen LogP contribution in [0.15, 0.2) is 47.4 Å². The third kappa shape index (κ3) is 3.44. The SMILES string of the molecule is CC(CCCn1[nH]ccc1=O)C(=O)c1ccccc1. The smallest absolute Gasteiger partial charge is 0.266 e. The maximum absolute atomic E-state index is 12.1. The van der Waals surface area contributed by atoms with Crippen molar-refractivity contribution in [3.8, 4) is 0 Å². The fourth-order valence-electron chi connectivity index (χ4n) is 2.10. The zero-order valence-corrected chi connectivity index (χ0v) is 11.0. The van der Waals surface area contributed by atoms with Crippen molar-refractivity contribution < 1.29 is 4.79 Å². The molecule has 0 amide bonds. The van der Waals surface area contributed by atoms with Crippen molar-refractivity contribution >= 4 is 5.78 Å². The highest BCUT2D eigenvalue weighted by Crippen LogP contribution is 2.13. The van der Waals surface area contributed by atoms with Gasteiger partial charge in [-0.15, -0.1) is 0 Å². The molecule has 4 heteroatoms. The van der Waals surface area contributed by atoms with Crippen LogP contribution in [0.5, 0.6) is 0 Å². The minimum Gasteiger partial charge on any atom is -0.303 e. The van der Waals surface area contributed by atoms with Crippen LogP contribution < -0.4 is 5.56 Å². The zero-order valence-electron chi connectivity index (χ0n) is 11.0. The fraction of sp³-hybridized carbons (Fsp3) is 0.333. The molecule has 100 valence electrons. The molecule has 0 radical (unpaired) electrons. The number of hydrogen-bond acceptors (Lipinski definition) is 2. The van der Waals surface area contributed by atoms with Crippen LogP contribution >= 0.6 is 0 Å². The molecule has 1 aromatic carbocycles. The molecular formula is C15H18N2O2. The van der Waals surface area contributed by atoms with E-state index < -0.39 is 0 Å². The quantitative estimate of drug-likeness (QED) is 0.809. The van der Waals surface area contributed by atoms with Crippen molar-refractivity contribution in [2.75, 3.05) is 0 Å². The van der Waals surface area contributed by atoms with E-state index in [1.807, 2.05) is 37.3 Å². The number of aromatic nitrogens is 2. The standard InChI is InChI=1S/C15H18N2O2/c1-12(15(19)13-7-3-2-4-8-13)6-5-11-17-14(18)9-10-16-17/h2-4,7-10,12,16H,5-6,11H2,1H3. The van der Waals surface area contributed by atoms with E-state index in [0.717, 1.165) is 18.4 Å². The van der Waals surface area contributed by atoms with E-state index in [1.165, 1.54) is 6.07 Å². The summed E-state index contributed by atoms with van der Waals surface area (Å²) >= 11 is 0. The number of hydrogen-bond donors (Lipinski definition) is 1. The molecule has 1 heterocycles. The number of nitrogens with one attached hydrogen (secondary N) is 1. The first kappa shape index (κ1) is 13.3. The van der Waals surface area contributed by atoms with Gasteiger partial charge in [-0.25, -0.2) is 0 Å². The third-order valence-corrected chi connectivity index (χ3v) is 3.25.